The quantitative estimate of drug-likeness (QED) is 0.834. The summed E-state index contributed by atoms with van der Waals surface area (Å²) in [4.78, 5) is 13.0. The average Bonchev–Trinajstić information content (AvgIpc) is 3.03. The normalized spacial score (nSPS) is 30.4. The number of hydrogen-bond donors (Lipinski definition) is 1. The van der Waals surface area contributed by atoms with Crippen LogP contribution in [0.15, 0.2) is 28.8 Å². The fourth-order valence-corrected chi connectivity index (χ4v) is 5.98. The van der Waals surface area contributed by atoms with Crippen molar-refractivity contribution in [1.82, 2.24) is 10.5 Å². The van der Waals surface area contributed by atoms with Gasteiger partial charge in [-0.25, -0.2) is 0 Å². The number of benzene rings is 1. The number of carbonyl (C=O) groups is 1. The zero-order valence-corrected chi connectivity index (χ0v) is 16.6. The molecule has 0 radical (unpaired) electrons. The predicted molar refractivity (Wildman–Crippen MR) is 105 cm³/mol. The van der Waals surface area contributed by atoms with Crippen LogP contribution in [0, 0.1) is 37.5 Å². The van der Waals surface area contributed by atoms with E-state index in [1.165, 1.54) is 32.1 Å². The third-order valence-electron chi connectivity index (χ3n) is 7.10. The molecule has 4 bridgehead atoms. The number of aromatic nitrogens is 1. The number of carbonyl (C=O) groups excluding carboxylic acids is 1. The molecule has 0 saturated heterocycles. The summed E-state index contributed by atoms with van der Waals surface area (Å²) in [6.07, 6.45) is 6.52. The zero-order chi connectivity index (χ0) is 19.3. The van der Waals surface area contributed by atoms with Crippen LogP contribution in [0.4, 0.5) is 0 Å². The maximum Gasteiger partial charge on any atom is 0.274 e. The minimum Gasteiger partial charge on any atom is -0.489 e. The summed E-state index contributed by atoms with van der Waals surface area (Å²) in [5.74, 6) is 4.37. The van der Waals surface area contributed by atoms with Gasteiger partial charge in [-0.2, -0.15) is 0 Å². The molecule has 5 heteroatoms. The standard InChI is InChI=1S/C23H28N2O3/c1-13-4-3-5-19(6-13)27-12-20-14(2)28-25-22(20)23(26)24-21-17-8-15-7-16(10-17)11-18(21)9-15/h3-6,15-18,21H,7-12H2,1-2H3,(H,24,26). The van der Waals surface area contributed by atoms with Crippen molar-refractivity contribution in [1.29, 1.82) is 0 Å². The molecular formula is C23H28N2O3. The first kappa shape index (κ1) is 17.8. The van der Waals surface area contributed by atoms with Crippen molar-refractivity contribution in [3.05, 3.63) is 46.8 Å². The average molecular weight is 380 g/mol. The fourth-order valence-electron chi connectivity index (χ4n) is 5.98. The van der Waals surface area contributed by atoms with Crippen LogP contribution in [0.25, 0.3) is 0 Å². The van der Waals surface area contributed by atoms with Gasteiger partial charge in [-0.15, -0.1) is 0 Å². The number of ether oxygens (including phenoxy) is 1. The topological polar surface area (TPSA) is 64.4 Å². The second-order valence-electron chi connectivity index (χ2n) is 9.10. The smallest absolute Gasteiger partial charge is 0.274 e. The van der Waals surface area contributed by atoms with Crippen molar-refractivity contribution in [2.75, 3.05) is 0 Å². The molecule has 1 heterocycles. The van der Waals surface area contributed by atoms with Gasteiger partial charge in [0.25, 0.3) is 5.91 Å². The Bertz CT molecular complexity index is 860. The Kier molecular flexibility index (Phi) is 4.41. The first-order valence-electron chi connectivity index (χ1n) is 10.5. The molecule has 0 atom stereocenters. The van der Waals surface area contributed by atoms with Crippen LogP contribution < -0.4 is 10.1 Å². The SMILES string of the molecule is Cc1cccc(OCc2c(C(=O)NC3C4CC5CC(C4)CC3C5)noc2C)c1. The number of amides is 1. The van der Waals surface area contributed by atoms with Gasteiger partial charge in [-0.1, -0.05) is 17.3 Å². The third-order valence-corrected chi connectivity index (χ3v) is 7.10. The van der Waals surface area contributed by atoms with Gasteiger partial charge in [0, 0.05) is 6.04 Å². The van der Waals surface area contributed by atoms with Crippen molar-refractivity contribution in [3.8, 4) is 5.75 Å². The Morgan fingerprint density at radius 2 is 1.86 bits per heavy atom. The van der Waals surface area contributed by atoms with Gasteiger partial charge in [-0.05, 0) is 87.3 Å². The molecule has 1 aromatic carbocycles. The minimum atomic E-state index is -0.114. The van der Waals surface area contributed by atoms with Gasteiger partial charge >= 0.3 is 0 Å². The summed E-state index contributed by atoms with van der Waals surface area (Å²) in [5.41, 5.74) is 2.25. The minimum absolute atomic E-state index is 0.114. The highest BCUT2D eigenvalue weighted by Crippen LogP contribution is 2.53. The monoisotopic (exact) mass is 380 g/mol. The van der Waals surface area contributed by atoms with E-state index in [2.05, 4.69) is 10.5 Å². The first-order valence-corrected chi connectivity index (χ1v) is 10.5. The van der Waals surface area contributed by atoms with Crippen LogP contribution in [0.1, 0.15) is 59.5 Å². The van der Waals surface area contributed by atoms with E-state index in [-0.39, 0.29) is 12.5 Å². The summed E-state index contributed by atoms with van der Waals surface area (Å²) in [6.45, 7) is 4.15. The van der Waals surface area contributed by atoms with Gasteiger partial charge in [0.05, 0.1) is 5.56 Å². The molecular weight excluding hydrogens is 352 g/mol. The highest BCUT2D eigenvalue weighted by molar-refractivity contribution is 5.94. The van der Waals surface area contributed by atoms with Crippen LogP contribution in [-0.2, 0) is 6.61 Å². The van der Waals surface area contributed by atoms with Gasteiger partial charge in [0.2, 0.25) is 0 Å². The van der Waals surface area contributed by atoms with Crippen molar-refractivity contribution >= 4 is 5.91 Å². The van der Waals surface area contributed by atoms with E-state index in [1.54, 1.807) is 0 Å². The Hall–Kier alpha value is -2.30. The summed E-state index contributed by atoms with van der Waals surface area (Å²) in [6, 6.07) is 8.19. The molecule has 1 aromatic heterocycles. The lowest BCUT2D eigenvalue weighted by Gasteiger charge is -2.54. The van der Waals surface area contributed by atoms with Gasteiger partial charge in [0.15, 0.2) is 5.69 Å². The molecule has 0 aliphatic heterocycles. The Morgan fingerprint density at radius 1 is 1.14 bits per heavy atom. The highest BCUT2D eigenvalue weighted by Gasteiger charge is 2.48. The lowest BCUT2D eigenvalue weighted by Crippen LogP contribution is -2.55. The van der Waals surface area contributed by atoms with Crippen molar-refractivity contribution < 1.29 is 14.1 Å². The van der Waals surface area contributed by atoms with E-state index in [0.717, 1.165) is 28.7 Å². The largest absolute Gasteiger partial charge is 0.489 e. The zero-order valence-electron chi connectivity index (χ0n) is 16.6. The number of hydrogen-bond acceptors (Lipinski definition) is 4. The second kappa shape index (κ2) is 6.94. The number of rotatable bonds is 5. The van der Waals surface area contributed by atoms with Crippen LogP contribution in [0.2, 0.25) is 0 Å². The van der Waals surface area contributed by atoms with Crippen molar-refractivity contribution in [3.63, 3.8) is 0 Å². The molecule has 1 amide bonds. The Morgan fingerprint density at radius 3 is 2.54 bits per heavy atom. The second-order valence-corrected chi connectivity index (χ2v) is 9.10. The molecule has 28 heavy (non-hydrogen) atoms. The number of nitrogens with one attached hydrogen (secondary N) is 1. The molecule has 0 unspecified atom stereocenters. The lowest BCUT2D eigenvalue weighted by molar-refractivity contribution is -0.0120. The lowest BCUT2D eigenvalue weighted by atomic mass is 9.54. The molecule has 6 rings (SSSR count). The Balaban J connectivity index is 1.29. The Labute approximate surface area is 165 Å². The first-order chi connectivity index (χ1) is 13.6. The molecule has 1 N–H and O–H groups in total. The maximum absolute atomic E-state index is 13.0. The molecule has 4 saturated carbocycles. The molecule has 5 nitrogen and oxygen atoms in total. The number of nitrogens with zero attached hydrogens (tertiary/aromatic N) is 1. The van der Waals surface area contributed by atoms with Crippen molar-refractivity contribution in [2.45, 2.75) is 58.6 Å². The van der Waals surface area contributed by atoms with Gasteiger partial charge in [-0.3, -0.25) is 4.79 Å². The van der Waals surface area contributed by atoms with Crippen LogP contribution in [0.5, 0.6) is 5.75 Å². The van der Waals surface area contributed by atoms with E-state index in [9.17, 15) is 4.79 Å². The van der Waals surface area contributed by atoms with E-state index < -0.39 is 0 Å². The molecule has 4 aliphatic carbocycles. The highest BCUT2D eigenvalue weighted by atomic mass is 16.5. The molecule has 0 spiro atoms. The summed E-state index contributed by atoms with van der Waals surface area (Å²) in [5, 5.41) is 7.38. The third kappa shape index (κ3) is 3.21. The van der Waals surface area contributed by atoms with E-state index >= 15 is 0 Å². The van der Waals surface area contributed by atoms with E-state index in [4.69, 9.17) is 9.26 Å². The molecule has 2 aromatic rings. The van der Waals surface area contributed by atoms with Crippen LogP contribution in [0.3, 0.4) is 0 Å². The summed E-state index contributed by atoms with van der Waals surface area (Å²) >= 11 is 0. The summed E-state index contributed by atoms with van der Waals surface area (Å²) in [7, 11) is 0. The van der Waals surface area contributed by atoms with Crippen LogP contribution >= 0.6 is 0 Å². The van der Waals surface area contributed by atoms with E-state index in [0.29, 0.717) is 29.3 Å². The van der Waals surface area contributed by atoms with E-state index in [1.807, 2.05) is 38.1 Å². The number of aryl methyl sites for hydroxylation is 2. The fraction of sp³-hybridized carbons (Fsp3) is 0.565. The maximum atomic E-state index is 13.0. The van der Waals surface area contributed by atoms with Crippen molar-refractivity contribution in [2.24, 2.45) is 23.7 Å². The van der Waals surface area contributed by atoms with Crippen LogP contribution in [-0.4, -0.2) is 17.1 Å². The molecule has 4 aliphatic rings. The van der Waals surface area contributed by atoms with Gasteiger partial charge in [0.1, 0.15) is 18.1 Å². The molecule has 4 fully saturated rings. The predicted octanol–water partition coefficient (Wildman–Crippen LogP) is 4.42. The summed E-state index contributed by atoms with van der Waals surface area (Å²) < 4.78 is 11.3. The molecule has 148 valence electrons. The van der Waals surface area contributed by atoms with Gasteiger partial charge < -0.3 is 14.6 Å².